The monoisotopic (exact) mass is 706 g/mol. The highest BCUT2D eigenvalue weighted by Gasteiger charge is 2.44. The second-order valence-corrected chi connectivity index (χ2v) is 12.4. The molecule has 2 aliphatic rings. The summed E-state index contributed by atoms with van der Waals surface area (Å²) in [5.74, 6) is 0. The van der Waals surface area contributed by atoms with Gasteiger partial charge in [-0.2, -0.15) is 0 Å². The lowest BCUT2D eigenvalue weighted by atomic mass is 9.94. The van der Waals surface area contributed by atoms with E-state index in [1.54, 1.807) is 0 Å². The van der Waals surface area contributed by atoms with Gasteiger partial charge >= 0.3 is 0 Å². The van der Waals surface area contributed by atoms with E-state index in [-0.39, 0.29) is 24.4 Å². The Labute approximate surface area is 230 Å². The average Bonchev–Trinajstić information content (AvgIpc) is 3.66. The van der Waals surface area contributed by atoms with E-state index in [1.165, 1.54) is 22.3 Å². The van der Waals surface area contributed by atoms with E-state index in [0.717, 1.165) is 69.6 Å². The molecule has 0 amide bonds. The number of ether oxygens (including phenoxy) is 3. The fraction of sp³-hybridized carbons (Fsp3) is 0.538. The smallest absolute Gasteiger partial charge is 0.113 e. The molecule has 0 N–H and O–H groups in total. The minimum Gasteiger partial charge on any atom is -0.370 e. The molecule has 0 aliphatic carbocycles. The third kappa shape index (κ3) is 6.72. The topological polar surface area (TPSA) is 34.3 Å². The lowest BCUT2D eigenvalue weighted by molar-refractivity contribution is -0.0433. The van der Waals surface area contributed by atoms with Gasteiger partial charge in [0.15, 0.2) is 0 Å². The molecule has 4 atom stereocenters. The Kier molecular flexibility index (Phi) is 9.55. The van der Waals surface area contributed by atoms with Gasteiger partial charge in [-0.3, -0.25) is 0 Å². The van der Waals surface area contributed by atoms with Crippen LogP contribution in [0.1, 0.15) is 74.0 Å². The molecule has 2 saturated heterocycles. The highest BCUT2D eigenvalue weighted by Crippen LogP contribution is 2.47. The Bertz CT molecular complexity index is 895. The van der Waals surface area contributed by atoms with Crippen LogP contribution >= 0.6 is 63.7 Å². The number of hydrogen-bond donors (Lipinski definition) is 0. The first-order chi connectivity index (χ1) is 15.9. The zero-order valence-electron chi connectivity index (χ0n) is 19.0. The zero-order valence-corrected chi connectivity index (χ0v) is 25.4. The quantitative estimate of drug-likeness (QED) is 0.207. The number of rotatable bonds is 12. The van der Waals surface area contributed by atoms with Crippen molar-refractivity contribution in [1.82, 2.24) is 0 Å². The molecular formula is C26H30Br4O3. The van der Waals surface area contributed by atoms with E-state index in [9.17, 15) is 0 Å². The maximum atomic E-state index is 7.01. The molecule has 2 fully saturated rings. The normalized spacial score (nSPS) is 21.2. The summed E-state index contributed by atoms with van der Waals surface area (Å²) in [7, 11) is 0. The summed E-state index contributed by atoms with van der Waals surface area (Å²) in [6.07, 6.45) is 6.46. The van der Waals surface area contributed by atoms with Gasteiger partial charge in [-0.1, -0.05) is 90.4 Å². The van der Waals surface area contributed by atoms with Crippen molar-refractivity contribution in [2.45, 2.75) is 76.8 Å². The Balaban J connectivity index is 1.73. The summed E-state index contributed by atoms with van der Waals surface area (Å²) in [5.41, 5.74) is 5.05. The van der Waals surface area contributed by atoms with Gasteiger partial charge in [-0.25, -0.2) is 0 Å². The van der Waals surface area contributed by atoms with E-state index in [2.05, 4.69) is 102 Å². The number of halogens is 4. The van der Waals surface area contributed by atoms with E-state index in [1.807, 2.05) is 0 Å². The third-order valence-electron chi connectivity index (χ3n) is 6.22. The second kappa shape index (κ2) is 12.0. The molecule has 0 aromatic heterocycles. The first kappa shape index (κ1) is 26.3. The molecule has 7 heteroatoms. The molecule has 180 valence electrons. The number of aryl methyl sites for hydroxylation is 2. The zero-order chi connectivity index (χ0) is 23.5. The predicted octanol–water partition coefficient (Wildman–Crippen LogP) is 9.02. The number of benzene rings is 2. The van der Waals surface area contributed by atoms with Crippen molar-refractivity contribution in [1.29, 1.82) is 0 Å². The van der Waals surface area contributed by atoms with Gasteiger partial charge < -0.3 is 14.2 Å². The van der Waals surface area contributed by atoms with Gasteiger partial charge in [0.2, 0.25) is 0 Å². The molecule has 4 unspecified atom stereocenters. The van der Waals surface area contributed by atoms with Crippen LogP contribution in [0.5, 0.6) is 0 Å². The van der Waals surface area contributed by atoms with Crippen molar-refractivity contribution in [3.05, 3.63) is 64.4 Å². The van der Waals surface area contributed by atoms with Gasteiger partial charge in [-0.05, 0) is 61.1 Å². The minimum atomic E-state index is -0.150. The van der Waals surface area contributed by atoms with E-state index >= 15 is 0 Å². The first-order valence-corrected chi connectivity index (χ1v) is 14.9. The summed E-state index contributed by atoms with van der Waals surface area (Å²) < 4.78 is 23.0. The molecule has 2 heterocycles. The van der Waals surface area contributed by atoms with Crippen molar-refractivity contribution in [3.8, 4) is 0 Å². The van der Waals surface area contributed by atoms with E-state index in [0.29, 0.717) is 0 Å². The van der Waals surface area contributed by atoms with Crippen LogP contribution in [0.4, 0.5) is 0 Å². The first-order valence-electron chi connectivity index (χ1n) is 11.8. The summed E-state index contributed by atoms with van der Waals surface area (Å²) >= 11 is 15.0. The van der Waals surface area contributed by atoms with Gasteiger partial charge in [-0.15, -0.1) is 0 Å². The van der Waals surface area contributed by atoms with Gasteiger partial charge in [0.1, 0.15) is 24.4 Å². The molecule has 2 aliphatic heterocycles. The van der Waals surface area contributed by atoms with Crippen LogP contribution in [-0.2, 0) is 27.1 Å². The van der Waals surface area contributed by atoms with E-state index < -0.39 is 0 Å². The average molecular weight is 710 g/mol. The van der Waals surface area contributed by atoms with Crippen LogP contribution in [0.15, 0.2) is 42.2 Å². The molecule has 2 aromatic rings. The molecule has 3 nitrogen and oxygen atoms in total. The lowest BCUT2D eigenvalue weighted by Crippen LogP contribution is -2.22. The fourth-order valence-corrected chi connectivity index (χ4v) is 7.44. The van der Waals surface area contributed by atoms with Crippen LogP contribution in [0.2, 0.25) is 0 Å². The Hall–Kier alpha value is 0.240. The van der Waals surface area contributed by atoms with Gasteiger partial charge in [0, 0.05) is 29.0 Å². The van der Waals surface area contributed by atoms with Crippen molar-refractivity contribution in [3.63, 3.8) is 0 Å². The molecule has 2 aromatic carbocycles. The summed E-state index contributed by atoms with van der Waals surface area (Å²) in [6, 6.07) is 8.71. The van der Waals surface area contributed by atoms with E-state index in [4.69, 9.17) is 14.2 Å². The largest absolute Gasteiger partial charge is 0.370 e. The van der Waals surface area contributed by atoms with Crippen molar-refractivity contribution in [2.75, 3.05) is 13.2 Å². The standard InChI is InChI=1S/C26H30Br4O3/c1-3-5-7-15-9-17(27)11-19(29)23(15)25(21-13-31-21)33-26(22-14-32-22)24-16(8-6-4-2)10-18(28)12-20(24)30/h9-12,21-22,25-26H,3-8,13-14H2,1-2H3. The Morgan fingerprint density at radius 2 is 1.15 bits per heavy atom. The predicted molar refractivity (Wildman–Crippen MR) is 147 cm³/mol. The summed E-state index contributed by atoms with van der Waals surface area (Å²) in [5, 5.41) is 0. The maximum absolute atomic E-state index is 7.01. The van der Waals surface area contributed by atoms with Gasteiger partial charge in [0.05, 0.1) is 13.2 Å². The third-order valence-corrected chi connectivity index (χ3v) is 8.44. The fourth-order valence-electron chi connectivity index (χ4n) is 4.36. The Morgan fingerprint density at radius 3 is 1.48 bits per heavy atom. The number of unbranched alkanes of at least 4 members (excludes halogenated alkanes) is 2. The SMILES string of the molecule is CCCCc1cc(Br)cc(Br)c1C(OC(c1c(Br)cc(Br)cc1CCCC)C1CO1)C1CO1. The van der Waals surface area contributed by atoms with Gasteiger partial charge in [0.25, 0.3) is 0 Å². The molecule has 0 saturated carbocycles. The number of epoxide rings is 2. The molecule has 0 radical (unpaired) electrons. The van der Waals surface area contributed by atoms with Crippen molar-refractivity contribution in [2.24, 2.45) is 0 Å². The van der Waals surface area contributed by atoms with Crippen LogP contribution in [0, 0.1) is 0 Å². The number of hydrogen-bond acceptors (Lipinski definition) is 3. The van der Waals surface area contributed by atoms with Crippen LogP contribution in [-0.4, -0.2) is 25.4 Å². The maximum Gasteiger partial charge on any atom is 0.113 e. The Morgan fingerprint density at radius 1 is 0.758 bits per heavy atom. The highest BCUT2D eigenvalue weighted by molar-refractivity contribution is 9.11. The highest BCUT2D eigenvalue weighted by atomic mass is 79.9. The molecule has 4 rings (SSSR count). The molecule has 0 spiro atoms. The minimum absolute atomic E-state index is 0.0671. The molecule has 33 heavy (non-hydrogen) atoms. The van der Waals surface area contributed by atoms with Crippen molar-refractivity contribution < 1.29 is 14.2 Å². The molecule has 0 bridgehead atoms. The molecular weight excluding hydrogens is 680 g/mol. The second-order valence-electron chi connectivity index (χ2n) is 8.85. The lowest BCUT2D eigenvalue weighted by Gasteiger charge is -2.28. The summed E-state index contributed by atoms with van der Waals surface area (Å²) in [6.45, 7) is 5.91. The van der Waals surface area contributed by atoms with Crippen LogP contribution in [0.25, 0.3) is 0 Å². The van der Waals surface area contributed by atoms with Crippen LogP contribution in [0.3, 0.4) is 0 Å². The van der Waals surface area contributed by atoms with Crippen LogP contribution < -0.4 is 0 Å². The summed E-state index contributed by atoms with van der Waals surface area (Å²) in [4.78, 5) is 0. The van der Waals surface area contributed by atoms with Crippen molar-refractivity contribution >= 4 is 63.7 Å².